The Morgan fingerprint density at radius 3 is 2.52 bits per heavy atom. The molecule has 0 unspecified atom stereocenters. The van der Waals surface area contributed by atoms with Gasteiger partial charge in [0.1, 0.15) is 18.1 Å². The van der Waals surface area contributed by atoms with Crippen molar-refractivity contribution >= 4 is 34.7 Å². The third-order valence-electron chi connectivity index (χ3n) is 7.85. The lowest BCUT2D eigenvalue weighted by Gasteiger charge is -2.31. The summed E-state index contributed by atoms with van der Waals surface area (Å²) in [5.74, 6) is 1.43. The van der Waals surface area contributed by atoms with Gasteiger partial charge < -0.3 is 9.47 Å². The van der Waals surface area contributed by atoms with Crippen LogP contribution in [0.1, 0.15) is 40.3 Å². The lowest BCUT2D eigenvalue weighted by atomic mass is 9.83. The Balaban J connectivity index is 1.38. The summed E-state index contributed by atoms with van der Waals surface area (Å²) in [4.78, 5) is 20.0. The summed E-state index contributed by atoms with van der Waals surface area (Å²) in [7, 11) is 1.67. The third-order valence-corrected chi connectivity index (χ3v) is 9.20. The van der Waals surface area contributed by atoms with Crippen molar-refractivity contribution in [1.82, 2.24) is 4.57 Å². The van der Waals surface area contributed by atoms with Crippen LogP contribution in [0.5, 0.6) is 11.5 Å². The van der Waals surface area contributed by atoms with Crippen LogP contribution in [0.3, 0.4) is 0 Å². The SMILES string of the molecule is COc1ccccc1[C@H]1C2=C(N=c3s/c(=C\c4ccccc4OCc4ccccc4Cl)c(=O)n31)c1ccccc1CC2. The van der Waals surface area contributed by atoms with Gasteiger partial charge in [-0.1, -0.05) is 102 Å². The molecule has 1 aliphatic heterocycles. The smallest absolute Gasteiger partial charge is 0.271 e. The summed E-state index contributed by atoms with van der Waals surface area (Å²) < 4.78 is 14.4. The van der Waals surface area contributed by atoms with Crippen molar-refractivity contribution in [3.05, 3.63) is 155 Å². The highest BCUT2D eigenvalue weighted by atomic mass is 35.5. The molecule has 0 amide bonds. The van der Waals surface area contributed by atoms with Gasteiger partial charge in [-0.25, -0.2) is 4.99 Å². The Kier molecular flexibility index (Phi) is 7.02. The average molecular weight is 591 g/mol. The number of hydrogen-bond donors (Lipinski definition) is 0. The van der Waals surface area contributed by atoms with E-state index in [4.69, 9.17) is 26.1 Å². The number of ether oxygens (including phenoxy) is 2. The minimum absolute atomic E-state index is 0.0824. The molecular formula is C35H27ClN2O3S. The van der Waals surface area contributed by atoms with Gasteiger partial charge >= 0.3 is 0 Å². The van der Waals surface area contributed by atoms with Crippen LogP contribution in [0.2, 0.25) is 5.02 Å². The van der Waals surface area contributed by atoms with Crippen LogP contribution in [-0.4, -0.2) is 11.7 Å². The fourth-order valence-corrected chi connectivity index (χ4v) is 7.02. The number of aryl methyl sites for hydroxylation is 1. The molecule has 0 radical (unpaired) electrons. The van der Waals surface area contributed by atoms with Crippen molar-refractivity contribution in [3.63, 3.8) is 0 Å². The van der Waals surface area contributed by atoms with Crippen LogP contribution in [0, 0.1) is 0 Å². The molecule has 0 saturated carbocycles. The molecule has 1 atom stereocenters. The molecule has 208 valence electrons. The number of halogens is 1. The Morgan fingerprint density at radius 2 is 1.67 bits per heavy atom. The number of rotatable bonds is 6. The van der Waals surface area contributed by atoms with E-state index in [0.29, 0.717) is 26.7 Å². The number of aromatic nitrogens is 1. The minimum Gasteiger partial charge on any atom is -0.496 e. The molecule has 5 aromatic rings. The first-order valence-corrected chi connectivity index (χ1v) is 15.0. The van der Waals surface area contributed by atoms with Gasteiger partial charge in [0.2, 0.25) is 0 Å². The number of para-hydroxylation sites is 2. The van der Waals surface area contributed by atoms with Crippen LogP contribution >= 0.6 is 22.9 Å². The van der Waals surface area contributed by atoms with Crippen molar-refractivity contribution < 1.29 is 9.47 Å². The molecule has 4 aromatic carbocycles. The Bertz CT molecular complexity index is 2040. The lowest BCUT2D eigenvalue weighted by molar-refractivity contribution is 0.305. The maximum atomic E-state index is 14.2. The highest BCUT2D eigenvalue weighted by Crippen LogP contribution is 2.43. The monoisotopic (exact) mass is 590 g/mol. The van der Waals surface area contributed by atoms with Gasteiger partial charge in [0.15, 0.2) is 4.80 Å². The molecule has 0 N–H and O–H groups in total. The maximum Gasteiger partial charge on any atom is 0.271 e. The number of benzene rings is 4. The molecule has 7 rings (SSSR count). The van der Waals surface area contributed by atoms with Crippen LogP contribution < -0.4 is 24.4 Å². The summed E-state index contributed by atoms with van der Waals surface area (Å²) in [6.45, 7) is 0.325. The number of thiazole rings is 1. The molecule has 1 aliphatic carbocycles. The molecular weight excluding hydrogens is 564 g/mol. The summed E-state index contributed by atoms with van der Waals surface area (Å²) in [6.07, 6.45) is 3.62. The second-order valence-electron chi connectivity index (χ2n) is 10.3. The van der Waals surface area contributed by atoms with E-state index in [2.05, 4.69) is 30.3 Å². The van der Waals surface area contributed by atoms with E-state index in [0.717, 1.165) is 52.1 Å². The zero-order chi connectivity index (χ0) is 28.6. The summed E-state index contributed by atoms with van der Waals surface area (Å²) in [5, 5.41) is 0.658. The van der Waals surface area contributed by atoms with Crippen molar-refractivity contribution in [2.24, 2.45) is 4.99 Å². The maximum absolute atomic E-state index is 14.2. The second kappa shape index (κ2) is 11.1. The van der Waals surface area contributed by atoms with Gasteiger partial charge in [0, 0.05) is 27.3 Å². The topological polar surface area (TPSA) is 52.8 Å². The van der Waals surface area contributed by atoms with E-state index in [-0.39, 0.29) is 11.6 Å². The number of hydrogen-bond acceptors (Lipinski definition) is 5. The Hall–Kier alpha value is -4.39. The molecule has 1 aromatic heterocycles. The highest BCUT2D eigenvalue weighted by Gasteiger charge is 2.34. The highest BCUT2D eigenvalue weighted by molar-refractivity contribution is 7.07. The summed E-state index contributed by atoms with van der Waals surface area (Å²) >= 11 is 7.76. The van der Waals surface area contributed by atoms with Gasteiger partial charge in [-0.15, -0.1) is 0 Å². The molecule has 0 saturated heterocycles. The molecule has 2 heterocycles. The van der Waals surface area contributed by atoms with Crippen molar-refractivity contribution in [3.8, 4) is 11.5 Å². The molecule has 0 spiro atoms. The van der Waals surface area contributed by atoms with E-state index in [1.807, 2.05) is 77.4 Å². The minimum atomic E-state index is -0.311. The van der Waals surface area contributed by atoms with Gasteiger partial charge in [-0.3, -0.25) is 9.36 Å². The van der Waals surface area contributed by atoms with Gasteiger partial charge in [-0.2, -0.15) is 0 Å². The summed E-state index contributed by atoms with van der Waals surface area (Å²) in [5.41, 5.74) is 7.11. The standard InChI is InChI=1S/C35H27ClN2O3S/c1-40-30-17-9-6-14-26(30)33-27-19-18-22-10-2-5-13-25(22)32(27)37-35-38(33)34(39)31(42-35)20-23-11-4-8-16-29(23)41-21-24-12-3-7-15-28(24)36/h2-17,20,33H,18-19,21H2,1H3/b31-20-/t33-/m0/s1. The molecule has 2 aliphatic rings. The number of fused-ring (bicyclic) bond motifs is 3. The quantitative estimate of drug-likeness (QED) is 0.225. The first kappa shape index (κ1) is 26.5. The zero-order valence-corrected chi connectivity index (χ0v) is 24.5. The molecule has 0 fully saturated rings. The largest absolute Gasteiger partial charge is 0.496 e. The van der Waals surface area contributed by atoms with Crippen molar-refractivity contribution in [2.45, 2.75) is 25.5 Å². The molecule has 0 bridgehead atoms. The lowest BCUT2D eigenvalue weighted by Crippen LogP contribution is -2.39. The van der Waals surface area contributed by atoms with Crippen LogP contribution in [0.15, 0.2) is 112 Å². The van der Waals surface area contributed by atoms with Gasteiger partial charge in [0.05, 0.1) is 23.4 Å². The van der Waals surface area contributed by atoms with E-state index < -0.39 is 0 Å². The first-order chi connectivity index (χ1) is 20.6. The van der Waals surface area contributed by atoms with E-state index in [1.54, 1.807) is 7.11 Å². The van der Waals surface area contributed by atoms with E-state index in [1.165, 1.54) is 16.9 Å². The molecule has 7 heteroatoms. The Labute approximate surface area is 252 Å². The second-order valence-corrected chi connectivity index (χ2v) is 11.7. The van der Waals surface area contributed by atoms with E-state index >= 15 is 0 Å². The predicted octanol–water partition coefficient (Wildman–Crippen LogP) is 6.56. The van der Waals surface area contributed by atoms with Crippen LogP contribution in [0.25, 0.3) is 11.8 Å². The first-order valence-electron chi connectivity index (χ1n) is 13.8. The fraction of sp³-hybridized carbons (Fsp3) is 0.143. The summed E-state index contributed by atoms with van der Waals surface area (Å²) in [6, 6.07) is 31.4. The molecule has 5 nitrogen and oxygen atoms in total. The average Bonchev–Trinajstić information content (AvgIpc) is 3.34. The van der Waals surface area contributed by atoms with Crippen LogP contribution in [-0.2, 0) is 13.0 Å². The van der Waals surface area contributed by atoms with Gasteiger partial charge in [-0.05, 0) is 48.3 Å². The Morgan fingerprint density at radius 1 is 0.929 bits per heavy atom. The number of allylic oxidation sites excluding steroid dienone is 1. The van der Waals surface area contributed by atoms with Gasteiger partial charge in [0.25, 0.3) is 5.56 Å². The normalized spacial score (nSPS) is 15.9. The number of methoxy groups -OCH3 is 1. The van der Waals surface area contributed by atoms with Crippen LogP contribution in [0.4, 0.5) is 0 Å². The molecule has 42 heavy (non-hydrogen) atoms. The predicted molar refractivity (Wildman–Crippen MR) is 168 cm³/mol. The third kappa shape index (κ3) is 4.67. The van der Waals surface area contributed by atoms with Crippen molar-refractivity contribution in [1.29, 1.82) is 0 Å². The number of nitrogens with zero attached hydrogens (tertiary/aromatic N) is 2. The van der Waals surface area contributed by atoms with E-state index in [9.17, 15) is 4.79 Å². The fourth-order valence-electron chi connectivity index (χ4n) is 5.83. The zero-order valence-electron chi connectivity index (χ0n) is 22.9. The van der Waals surface area contributed by atoms with Crippen molar-refractivity contribution in [2.75, 3.05) is 7.11 Å².